The van der Waals surface area contributed by atoms with E-state index in [1.807, 2.05) is 12.8 Å². The summed E-state index contributed by atoms with van der Waals surface area (Å²) in [6.07, 6.45) is -2.84. The van der Waals surface area contributed by atoms with E-state index in [-0.39, 0.29) is 13.2 Å². The number of hydrogen-bond acceptors (Lipinski definition) is 16. The van der Waals surface area contributed by atoms with Crippen LogP contribution in [-0.2, 0) is 61.6 Å². The molecule has 2 saturated heterocycles. The fraction of sp³-hybridized carbons (Fsp3) is 0.906. The highest BCUT2D eigenvalue weighted by molar-refractivity contribution is 5.93. The van der Waals surface area contributed by atoms with Crippen molar-refractivity contribution in [3.8, 4) is 12.3 Å². The van der Waals surface area contributed by atoms with Crippen LogP contribution in [0.4, 0.5) is 0 Å². The summed E-state index contributed by atoms with van der Waals surface area (Å²) in [7, 11) is 13.4. The average molecular weight is 709 g/mol. The van der Waals surface area contributed by atoms with Crippen molar-refractivity contribution >= 4 is 5.91 Å². The van der Waals surface area contributed by atoms with Crippen molar-refractivity contribution in [1.29, 1.82) is 0 Å². The molecule has 17 heteroatoms. The van der Waals surface area contributed by atoms with Gasteiger partial charge in [0.1, 0.15) is 48.3 Å². The van der Waals surface area contributed by atoms with Gasteiger partial charge in [-0.15, -0.1) is 6.42 Å². The maximum Gasteiger partial charge on any atom is 0.296 e. The van der Waals surface area contributed by atoms with E-state index >= 15 is 0 Å². The van der Waals surface area contributed by atoms with Crippen LogP contribution in [0.1, 0.15) is 6.92 Å². The van der Waals surface area contributed by atoms with Crippen molar-refractivity contribution in [2.24, 2.45) is 5.92 Å². The minimum Gasteiger partial charge on any atom is -0.396 e. The molecule has 0 radical (unpaired) electrons. The minimum atomic E-state index is -1.86. The van der Waals surface area contributed by atoms with Crippen molar-refractivity contribution in [1.82, 2.24) is 10.6 Å². The molecule has 0 spiro atoms. The summed E-state index contributed by atoms with van der Waals surface area (Å²) in [5.41, 5.74) is -1.86. The summed E-state index contributed by atoms with van der Waals surface area (Å²) >= 11 is 0. The molecule has 3 aliphatic rings. The molecule has 1 saturated carbocycles. The molecule has 0 aromatic rings. The number of rotatable bonds is 17. The first-order chi connectivity index (χ1) is 23.5. The van der Waals surface area contributed by atoms with E-state index in [0.717, 1.165) is 0 Å². The SMILES string of the molecule is C#CC(=O)NC1[C@@H](N[C@H]2C(C)O[C@@H](O[C@H]3C(COC)O[C@@H](OC)C(OC)[C@@H]3OC)C(OC)[C@@H]2OC)C(OC)[C@H](OC)[C@@H](CO)C1(O)COC. The van der Waals surface area contributed by atoms with Crippen molar-refractivity contribution in [2.75, 3.05) is 83.8 Å². The fourth-order valence-corrected chi connectivity index (χ4v) is 7.60. The van der Waals surface area contributed by atoms with Gasteiger partial charge >= 0.3 is 0 Å². The van der Waals surface area contributed by atoms with Crippen molar-refractivity contribution in [2.45, 2.75) is 98.2 Å². The minimum absolute atomic E-state index is 0.156. The quantitative estimate of drug-likeness (QED) is 0.118. The molecule has 2 heterocycles. The van der Waals surface area contributed by atoms with E-state index in [2.05, 4.69) is 10.6 Å². The number of amides is 1. The number of carbonyl (C=O) groups is 1. The highest BCUT2D eigenvalue weighted by atomic mass is 16.8. The summed E-state index contributed by atoms with van der Waals surface area (Å²) in [5, 5.41) is 28.8. The number of aliphatic hydroxyl groups is 2. The average Bonchev–Trinajstić information content (AvgIpc) is 3.10. The molecule has 284 valence electrons. The van der Waals surface area contributed by atoms with Crippen LogP contribution in [0.2, 0.25) is 0 Å². The van der Waals surface area contributed by atoms with E-state index in [9.17, 15) is 15.0 Å². The lowest BCUT2D eigenvalue weighted by Crippen LogP contribution is -2.80. The van der Waals surface area contributed by atoms with E-state index in [1.54, 1.807) is 7.11 Å². The van der Waals surface area contributed by atoms with Gasteiger partial charge in [0.25, 0.3) is 5.91 Å². The lowest BCUT2D eigenvalue weighted by Gasteiger charge is -2.56. The van der Waals surface area contributed by atoms with Crippen LogP contribution in [0.15, 0.2) is 0 Å². The van der Waals surface area contributed by atoms with Gasteiger partial charge in [-0.2, -0.15) is 0 Å². The molecule has 1 aliphatic carbocycles. The predicted octanol–water partition coefficient (Wildman–Crippen LogP) is -2.33. The number of terminal acetylenes is 1. The summed E-state index contributed by atoms with van der Waals surface area (Å²) in [6, 6.07) is -2.68. The Hall–Kier alpha value is -1.57. The Morgan fingerprint density at radius 3 is 1.82 bits per heavy atom. The first-order valence-electron chi connectivity index (χ1n) is 16.0. The number of nitrogens with one attached hydrogen (secondary N) is 2. The van der Waals surface area contributed by atoms with Crippen LogP contribution in [0.25, 0.3) is 0 Å². The van der Waals surface area contributed by atoms with Crippen LogP contribution in [-0.4, -0.2) is 191 Å². The third-order valence-electron chi connectivity index (χ3n) is 9.87. The lowest BCUT2D eigenvalue weighted by atomic mass is 9.66. The Balaban J connectivity index is 2.01. The molecule has 4 N–H and O–H groups in total. The molecule has 7 unspecified atom stereocenters. The van der Waals surface area contributed by atoms with Gasteiger partial charge in [-0.25, -0.2) is 0 Å². The maximum atomic E-state index is 12.7. The zero-order valence-electron chi connectivity index (χ0n) is 30.1. The fourth-order valence-electron chi connectivity index (χ4n) is 7.60. The van der Waals surface area contributed by atoms with Gasteiger partial charge < -0.3 is 77.7 Å². The van der Waals surface area contributed by atoms with Crippen LogP contribution in [0.3, 0.4) is 0 Å². The van der Waals surface area contributed by atoms with Gasteiger partial charge in [0.15, 0.2) is 12.6 Å². The van der Waals surface area contributed by atoms with Crippen LogP contribution in [0.5, 0.6) is 0 Å². The van der Waals surface area contributed by atoms with Gasteiger partial charge in [0, 0.05) is 69.9 Å². The van der Waals surface area contributed by atoms with E-state index in [4.69, 9.17) is 63.3 Å². The highest BCUT2D eigenvalue weighted by Gasteiger charge is 2.61. The largest absolute Gasteiger partial charge is 0.396 e. The lowest BCUT2D eigenvalue weighted by molar-refractivity contribution is -0.355. The van der Waals surface area contributed by atoms with Crippen LogP contribution in [0, 0.1) is 18.3 Å². The molecular formula is C32H56N2O15. The third kappa shape index (κ3) is 8.57. The molecular weight excluding hydrogens is 652 g/mol. The molecule has 1 amide bonds. The second-order valence-electron chi connectivity index (χ2n) is 12.3. The number of hydrogen-bond donors (Lipinski definition) is 4. The normalized spacial score (nSPS) is 42.8. The van der Waals surface area contributed by atoms with Gasteiger partial charge in [0.05, 0.1) is 50.2 Å². The summed E-state index contributed by atoms with van der Waals surface area (Å²) in [5.74, 6) is 0.311. The number of aliphatic hydroxyl groups excluding tert-OH is 1. The van der Waals surface area contributed by atoms with E-state index < -0.39 is 110 Å². The molecule has 49 heavy (non-hydrogen) atoms. The molecule has 0 aromatic carbocycles. The third-order valence-corrected chi connectivity index (χ3v) is 9.87. The summed E-state index contributed by atoms with van der Waals surface area (Å²) in [6.45, 7) is 1.19. The van der Waals surface area contributed by atoms with Crippen LogP contribution < -0.4 is 10.6 Å². The second-order valence-corrected chi connectivity index (χ2v) is 12.3. The highest BCUT2D eigenvalue weighted by Crippen LogP contribution is 2.40. The number of carbonyl (C=O) groups excluding carboxylic acids is 1. The smallest absolute Gasteiger partial charge is 0.296 e. The molecule has 17 nitrogen and oxygen atoms in total. The first kappa shape index (κ1) is 41.8. The zero-order chi connectivity index (χ0) is 36.5. The van der Waals surface area contributed by atoms with Crippen molar-refractivity contribution < 1.29 is 71.8 Å². The number of ether oxygens (including phenoxy) is 12. The molecule has 16 atom stereocenters. The van der Waals surface area contributed by atoms with Crippen molar-refractivity contribution in [3.05, 3.63) is 0 Å². The van der Waals surface area contributed by atoms with E-state index in [0.29, 0.717) is 0 Å². The van der Waals surface area contributed by atoms with Gasteiger partial charge in [-0.1, -0.05) is 0 Å². The van der Waals surface area contributed by atoms with Crippen molar-refractivity contribution in [3.63, 3.8) is 0 Å². The molecule has 3 fully saturated rings. The zero-order valence-corrected chi connectivity index (χ0v) is 30.1. The van der Waals surface area contributed by atoms with Gasteiger partial charge in [-0.05, 0) is 12.8 Å². The molecule has 2 aliphatic heterocycles. The standard InChI is InChI=1S/C32H56N2O15/c1-12-19(36)33-29-21(25(42-7)22(40-5)17(13-35)32(29,37)15-39-4)34-20-16(2)47-31(27(44-9)24(20)41-6)49-23-18(14-38-3)48-30(46-11)28(45-10)26(23)43-8/h1,16-18,20-31,34-35,37H,13-15H2,2-11H3,(H,33,36)/t16?,17-,18?,20+,21+,22-,23+,24-,25?,26-,27?,28?,29?,30-,31+,32?/m1/s1. The molecule has 0 bridgehead atoms. The van der Waals surface area contributed by atoms with Gasteiger partial charge in [-0.3, -0.25) is 4.79 Å². The monoisotopic (exact) mass is 708 g/mol. The van der Waals surface area contributed by atoms with Crippen LogP contribution >= 0.6 is 0 Å². The Morgan fingerprint density at radius 2 is 1.33 bits per heavy atom. The maximum absolute atomic E-state index is 12.7. The molecule has 0 aromatic heterocycles. The topological polar surface area (TPSA) is 192 Å². The number of methoxy groups -OCH3 is 9. The predicted molar refractivity (Wildman–Crippen MR) is 170 cm³/mol. The van der Waals surface area contributed by atoms with E-state index in [1.165, 1.54) is 56.9 Å². The van der Waals surface area contributed by atoms with Gasteiger partial charge in [0.2, 0.25) is 0 Å². The first-order valence-corrected chi connectivity index (χ1v) is 16.0. The molecule has 3 rings (SSSR count). The summed E-state index contributed by atoms with van der Waals surface area (Å²) in [4.78, 5) is 12.7. The Kier molecular flexibility index (Phi) is 16.5. The summed E-state index contributed by atoms with van der Waals surface area (Å²) < 4.78 is 70.8. The Morgan fingerprint density at radius 1 is 0.755 bits per heavy atom. The Labute approximate surface area is 288 Å². The second kappa shape index (κ2) is 19.3. The Bertz CT molecular complexity index is 1050.